The molecule has 5 rings (SSSR count). The molecule has 1 aliphatic rings. The molecule has 0 bridgehead atoms. The number of hydrogen-bond acceptors (Lipinski definition) is 5. The van der Waals surface area contributed by atoms with Crippen molar-refractivity contribution in [2.24, 2.45) is 0 Å². The standard InChI is InChI=1S/C25H22Cl2F3N5O/c1-14-12-34(23-20(27)8-15(13-36)11-31-23)6-7-35(14)24-32-21-10-17(25(28,29)30)9-19(22(21)33-24)16-2-4-18(26)5-3-16/h2-5,8-11,14,36H,6-7,12-13H2,1H3,(H,32,33)/t14-/m1/s1. The smallest absolute Gasteiger partial charge is 0.392 e. The molecule has 11 heteroatoms. The quantitative estimate of drug-likeness (QED) is 0.327. The van der Waals surface area contributed by atoms with E-state index in [0.29, 0.717) is 63.7 Å². The van der Waals surface area contributed by atoms with Gasteiger partial charge in [-0.3, -0.25) is 0 Å². The van der Waals surface area contributed by atoms with Gasteiger partial charge in [0.25, 0.3) is 0 Å². The molecule has 2 aromatic heterocycles. The number of rotatable bonds is 4. The van der Waals surface area contributed by atoms with Crippen molar-refractivity contribution in [3.05, 3.63) is 69.8 Å². The Morgan fingerprint density at radius 3 is 2.50 bits per heavy atom. The third-order valence-corrected chi connectivity index (χ3v) is 6.85. The molecule has 36 heavy (non-hydrogen) atoms. The number of nitrogens with zero attached hydrogens (tertiary/aromatic N) is 4. The lowest BCUT2D eigenvalue weighted by Crippen LogP contribution is -2.52. The Bertz CT molecular complexity index is 1410. The number of H-pyrrole nitrogens is 1. The predicted molar refractivity (Wildman–Crippen MR) is 136 cm³/mol. The van der Waals surface area contributed by atoms with Crippen LogP contribution in [0.3, 0.4) is 0 Å². The highest BCUT2D eigenvalue weighted by atomic mass is 35.5. The molecule has 0 aliphatic carbocycles. The lowest BCUT2D eigenvalue weighted by Gasteiger charge is -2.40. The van der Waals surface area contributed by atoms with Crippen molar-refractivity contribution in [3.63, 3.8) is 0 Å². The highest BCUT2D eigenvalue weighted by molar-refractivity contribution is 6.33. The van der Waals surface area contributed by atoms with Gasteiger partial charge >= 0.3 is 6.18 Å². The van der Waals surface area contributed by atoms with Crippen molar-refractivity contribution >= 4 is 46.0 Å². The van der Waals surface area contributed by atoms with Crippen LogP contribution in [0.25, 0.3) is 22.2 Å². The number of hydrogen-bond donors (Lipinski definition) is 2. The minimum Gasteiger partial charge on any atom is -0.392 e. The molecule has 6 nitrogen and oxygen atoms in total. The maximum absolute atomic E-state index is 13.7. The van der Waals surface area contributed by atoms with E-state index in [0.717, 1.165) is 12.1 Å². The van der Waals surface area contributed by atoms with Crippen LogP contribution in [-0.2, 0) is 12.8 Å². The molecule has 188 valence electrons. The molecule has 3 heterocycles. The average molecular weight is 536 g/mol. The van der Waals surface area contributed by atoms with Gasteiger partial charge in [0.2, 0.25) is 5.95 Å². The summed E-state index contributed by atoms with van der Waals surface area (Å²) in [4.78, 5) is 16.3. The number of aliphatic hydroxyl groups excluding tert-OH is 1. The number of alkyl halides is 3. The molecule has 1 atom stereocenters. The fourth-order valence-electron chi connectivity index (χ4n) is 4.51. The van der Waals surface area contributed by atoms with Crippen molar-refractivity contribution in [1.82, 2.24) is 15.0 Å². The van der Waals surface area contributed by atoms with E-state index in [2.05, 4.69) is 15.0 Å². The van der Waals surface area contributed by atoms with E-state index in [9.17, 15) is 18.3 Å². The van der Waals surface area contributed by atoms with Gasteiger partial charge in [-0.25, -0.2) is 9.97 Å². The van der Waals surface area contributed by atoms with Gasteiger partial charge in [-0.15, -0.1) is 0 Å². The van der Waals surface area contributed by atoms with E-state index in [1.807, 2.05) is 16.7 Å². The largest absolute Gasteiger partial charge is 0.416 e. The first-order valence-corrected chi connectivity index (χ1v) is 12.0. The summed E-state index contributed by atoms with van der Waals surface area (Å²) in [6.45, 7) is 3.60. The number of nitrogens with one attached hydrogen (secondary N) is 1. The summed E-state index contributed by atoms with van der Waals surface area (Å²) >= 11 is 12.4. The van der Waals surface area contributed by atoms with Crippen LogP contribution >= 0.6 is 23.2 Å². The highest BCUT2D eigenvalue weighted by Gasteiger charge is 2.33. The molecule has 0 saturated carbocycles. The second-order valence-electron chi connectivity index (χ2n) is 8.78. The zero-order chi connectivity index (χ0) is 25.6. The van der Waals surface area contributed by atoms with Crippen molar-refractivity contribution in [2.75, 3.05) is 29.4 Å². The number of piperazine rings is 1. The topological polar surface area (TPSA) is 68.3 Å². The number of aromatic amines is 1. The van der Waals surface area contributed by atoms with E-state index in [1.165, 1.54) is 0 Å². The van der Waals surface area contributed by atoms with Gasteiger partial charge < -0.3 is 19.9 Å². The van der Waals surface area contributed by atoms with Crippen molar-refractivity contribution in [3.8, 4) is 11.1 Å². The van der Waals surface area contributed by atoms with Crippen molar-refractivity contribution in [2.45, 2.75) is 25.7 Å². The number of benzene rings is 2. The number of aromatic nitrogens is 3. The number of pyridine rings is 1. The van der Waals surface area contributed by atoms with Gasteiger partial charge in [0.05, 0.1) is 28.2 Å². The van der Waals surface area contributed by atoms with Gasteiger partial charge in [0.15, 0.2) is 0 Å². The molecular weight excluding hydrogens is 514 g/mol. The van der Waals surface area contributed by atoms with E-state index >= 15 is 0 Å². The number of fused-ring (bicyclic) bond motifs is 1. The number of aliphatic hydroxyl groups is 1. The molecule has 0 unspecified atom stereocenters. The summed E-state index contributed by atoms with van der Waals surface area (Å²) in [5.74, 6) is 1.13. The second kappa shape index (κ2) is 9.46. The number of imidazole rings is 1. The Hall–Kier alpha value is -3.01. The lowest BCUT2D eigenvalue weighted by molar-refractivity contribution is -0.137. The summed E-state index contributed by atoms with van der Waals surface area (Å²) in [5, 5.41) is 10.3. The maximum atomic E-state index is 13.7. The molecule has 0 spiro atoms. The van der Waals surface area contributed by atoms with Crippen LogP contribution in [0.1, 0.15) is 18.1 Å². The lowest BCUT2D eigenvalue weighted by atomic mass is 10.0. The van der Waals surface area contributed by atoms with Crippen molar-refractivity contribution in [1.29, 1.82) is 0 Å². The van der Waals surface area contributed by atoms with Crippen molar-refractivity contribution < 1.29 is 18.3 Å². The molecule has 1 saturated heterocycles. The molecule has 2 aromatic carbocycles. The second-order valence-corrected chi connectivity index (χ2v) is 9.62. The molecule has 1 fully saturated rings. The Balaban J connectivity index is 1.48. The van der Waals surface area contributed by atoms with Crippen LogP contribution in [0.15, 0.2) is 48.7 Å². The first-order valence-electron chi connectivity index (χ1n) is 11.3. The molecule has 2 N–H and O–H groups in total. The zero-order valence-corrected chi connectivity index (χ0v) is 20.7. The number of halogens is 5. The average Bonchev–Trinajstić information content (AvgIpc) is 3.27. The Labute approximate surface area is 215 Å². The van der Waals surface area contributed by atoms with Crippen LogP contribution in [0, 0.1) is 0 Å². The Morgan fingerprint density at radius 1 is 1.11 bits per heavy atom. The third kappa shape index (κ3) is 4.70. The monoisotopic (exact) mass is 535 g/mol. The maximum Gasteiger partial charge on any atom is 0.416 e. The van der Waals surface area contributed by atoms with Crippen LogP contribution in [0.4, 0.5) is 24.9 Å². The first-order chi connectivity index (χ1) is 17.1. The van der Waals surface area contributed by atoms with Gasteiger partial charge in [-0.05, 0) is 48.4 Å². The van der Waals surface area contributed by atoms with Gasteiger partial charge in [0.1, 0.15) is 5.82 Å². The summed E-state index contributed by atoms with van der Waals surface area (Å²) in [7, 11) is 0. The minimum absolute atomic E-state index is 0.0317. The van der Waals surface area contributed by atoms with Gasteiger partial charge in [-0.2, -0.15) is 13.2 Å². The molecule has 4 aromatic rings. The summed E-state index contributed by atoms with van der Waals surface area (Å²) in [5.41, 5.74) is 1.65. The Morgan fingerprint density at radius 2 is 1.86 bits per heavy atom. The van der Waals surface area contributed by atoms with Gasteiger partial charge in [0, 0.05) is 42.5 Å². The van der Waals surface area contributed by atoms with E-state index in [1.54, 1.807) is 36.5 Å². The highest BCUT2D eigenvalue weighted by Crippen LogP contribution is 2.38. The molecular formula is C25H22Cl2F3N5O. The van der Waals surface area contributed by atoms with Gasteiger partial charge in [-0.1, -0.05) is 35.3 Å². The molecule has 1 aliphatic heterocycles. The minimum atomic E-state index is -4.51. The predicted octanol–water partition coefficient (Wildman–Crippen LogP) is 6.16. The van der Waals surface area contributed by atoms with E-state index < -0.39 is 11.7 Å². The zero-order valence-electron chi connectivity index (χ0n) is 19.2. The van der Waals surface area contributed by atoms with Crippen LogP contribution in [0.5, 0.6) is 0 Å². The van der Waals surface area contributed by atoms with E-state index in [4.69, 9.17) is 23.2 Å². The van der Waals surface area contributed by atoms with Crippen LogP contribution in [-0.4, -0.2) is 45.7 Å². The van der Waals surface area contributed by atoms with Crippen LogP contribution < -0.4 is 9.80 Å². The summed E-state index contributed by atoms with van der Waals surface area (Å²) < 4.78 is 41.0. The molecule has 0 radical (unpaired) electrons. The number of anilines is 2. The van der Waals surface area contributed by atoms with Crippen LogP contribution in [0.2, 0.25) is 10.0 Å². The summed E-state index contributed by atoms with van der Waals surface area (Å²) in [6.07, 6.45) is -2.92. The first kappa shape index (κ1) is 24.7. The summed E-state index contributed by atoms with van der Waals surface area (Å²) in [6, 6.07) is 10.5. The normalized spacial score (nSPS) is 16.7. The Kier molecular flexibility index (Phi) is 6.48. The fourth-order valence-corrected chi connectivity index (χ4v) is 4.95. The van der Waals surface area contributed by atoms with E-state index in [-0.39, 0.29) is 18.2 Å². The molecule has 0 amide bonds. The SMILES string of the molecule is C[C@@H]1CN(c2ncc(CO)cc2Cl)CCN1c1nc2cc(C(F)(F)F)cc(-c3ccc(Cl)cc3)c2[nH]1. The third-order valence-electron chi connectivity index (χ3n) is 6.32. The fraction of sp³-hybridized carbons (Fsp3) is 0.280.